The first-order chi connectivity index (χ1) is 10.9. The molecule has 1 aromatic rings. The highest BCUT2D eigenvalue weighted by molar-refractivity contribution is 7.89. The second kappa shape index (κ2) is 7.57. The zero-order chi connectivity index (χ0) is 16.9. The van der Waals surface area contributed by atoms with Crippen molar-refractivity contribution in [2.24, 2.45) is 5.41 Å². The molecule has 0 aromatic heterocycles. The molecule has 0 saturated carbocycles. The average Bonchev–Trinajstić information content (AvgIpc) is 2.56. The van der Waals surface area contributed by atoms with Crippen molar-refractivity contribution in [2.45, 2.75) is 30.7 Å². The normalized spacial score (nSPS) is 22.9. The van der Waals surface area contributed by atoms with E-state index in [9.17, 15) is 13.5 Å². The number of hydrogen-bond donors (Lipinski definition) is 2. The molecule has 1 saturated heterocycles. The van der Waals surface area contributed by atoms with Crippen LogP contribution in [-0.2, 0) is 16.6 Å². The highest BCUT2D eigenvalue weighted by atomic mass is 32.2. The van der Waals surface area contributed by atoms with Crippen LogP contribution >= 0.6 is 0 Å². The Morgan fingerprint density at radius 2 is 2.09 bits per heavy atom. The maximum Gasteiger partial charge on any atom is 0.240 e. The van der Waals surface area contributed by atoms with Gasteiger partial charge in [0.05, 0.1) is 11.5 Å². The van der Waals surface area contributed by atoms with Crippen molar-refractivity contribution in [3.8, 4) is 0 Å². The number of sulfonamides is 1. The molecule has 0 amide bonds. The summed E-state index contributed by atoms with van der Waals surface area (Å²) in [6.45, 7) is 6.58. The molecule has 0 bridgehead atoms. The Labute approximate surface area is 139 Å². The van der Waals surface area contributed by atoms with E-state index in [4.69, 9.17) is 0 Å². The molecule has 6 heteroatoms. The minimum atomic E-state index is -3.39. The van der Waals surface area contributed by atoms with E-state index >= 15 is 0 Å². The summed E-state index contributed by atoms with van der Waals surface area (Å²) >= 11 is 0. The number of nitrogens with one attached hydrogen (secondary N) is 1. The smallest absolute Gasteiger partial charge is 0.240 e. The van der Waals surface area contributed by atoms with Crippen molar-refractivity contribution in [1.82, 2.24) is 9.62 Å². The molecule has 128 valence electrons. The molecule has 23 heavy (non-hydrogen) atoms. The predicted molar refractivity (Wildman–Crippen MR) is 91.5 cm³/mol. The Bertz CT molecular complexity index is 628. The van der Waals surface area contributed by atoms with Gasteiger partial charge in [0, 0.05) is 18.5 Å². The van der Waals surface area contributed by atoms with Crippen molar-refractivity contribution in [3.63, 3.8) is 0 Å². The lowest BCUT2D eigenvalue weighted by Gasteiger charge is -2.41. The van der Waals surface area contributed by atoms with Gasteiger partial charge in [0.15, 0.2) is 0 Å². The van der Waals surface area contributed by atoms with E-state index in [0.717, 1.165) is 44.5 Å². The highest BCUT2D eigenvalue weighted by Gasteiger charge is 2.33. The van der Waals surface area contributed by atoms with Crippen LogP contribution in [0.1, 0.15) is 24.8 Å². The molecule has 1 unspecified atom stereocenters. The highest BCUT2D eigenvalue weighted by Crippen LogP contribution is 2.34. The van der Waals surface area contributed by atoms with Gasteiger partial charge in [-0.15, -0.1) is 6.58 Å². The summed E-state index contributed by atoms with van der Waals surface area (Å²) in [6, 6.07) is 6.97. The van der Waals surface area contributed by atoms with Gasteiger partial charge in [0.1, 0.15) is 0 Å². The molecule has 1 aliphatic rings. The fourth-order valence-corrected chi connectivity index (χ4v) is 3.99. The van der Waals surface area contributed by atoms with Crippen LogP contribution in [0.25, 0.3) is 0 Å². The molecule has 1 aliphatic heterocycles. The van der Waals surface area contributed by atoms with Gasteiger partial charge in [0.25, 0.3) is 0 Å². The summed E-state index contributed by atoms with van der Waals surface area (Å²) < 4.78 is 25.8. The molecule has 1 fully saturated rings. The predicted octanol–water partition coefficient (Wildman–Crippen LogP) is 1.75. The van der Waals surface area contributed by atoms with Crippen LogP contribution in [0.2, 0.25) is 0 Å². The van der Waals surface area contributed by atoms with E-state index in [1.54, 1.807) is 12.1 Å². The monoisotopic (exact) mass is 338 g/mol. The quantitative estimate of drug-likeness (QED) is 0.743. The molecule has 5 nitrogen and oxygen atoms in total. The molecular weight excluding hydrogens is 312 g/mol. The number of nitrogens with zero attached hydrogens (tertiary/aromatic N) is 1. The average molecular weight is 338 g/mol. The second-order valence-corrected chi connectivity index (χ2v) is 8.20. The molecule has 2 rings (SSSR count). The fraction of sp³-hybridized carbons (Fsp3) is 0.529. The lowest BCUT2D eigenvalue weighted by Crippen LogP contribution is -2.44. The van der Waals surface area contributed by atoms with Crippen LogP contribution in [0.4, 0.5) is 0 Å². The van der Waals surface area contributed by atoms with Crippen LogP contribution in [0.5, 0.6) is 0 Å². The van der Waals surface area contributed by atoms with Gasteiger partial charge in [-0.1, -0.05) is 18.2 Å². The summed E-state index contributed by atoms with van der Waals surface area (Å²) in [6.07, 6.45) is 4.78. The Morgan fingerprint density at radius 1 is 1.39 bits per heavy atom. The lowest BCUT2D eigenvalue weighted by atomic mass is 9.78. The minimum absolute atomic E-state index is 0.0879. The zero-order valence-corrected chi connectivity index (χ0v) is 14.5. The largest absolute Gasteiger partial charge is 0.396 e. The van der Waals surface area contributed by atoms with E-state index in [1.165, 1.54) is 7.05 Å². The van der Waals surface area contributed by atoms with Gasteiger partial charge >= 0.3 is 0 Å². The third kappa shape index (κ3) is 4.41. The summed E-state index contributed by atoms with van der Waals surface area (Å²) in [5.41, 5.74) is 0.988. The van der Waals surface area contributed by atoms with Crippen molar-refractivity contribution < 1.29 is 13.5 Å². The number of aliphatic hydroxyl groups is 1. The Kier molecular flexibility index (Phi) is 5.97. The van der Waals surface area contributed by atoms with Crippen molar-refractivity contribution in [1.29, 1.82) is 0 Å². The standard InChI is InChI=1S/C17H26N2O3S/c1-3-9-17(14-20)10-4-11-19(13-17)12-15-5-7-16(8-6-15)23(21,22)18-2/h3,5-8,18,20H,1,4,9-14H2,2H3. The Balaban J connectivity index is 2.06. The van der Waals surface area contributed by atoms with Crippen molar-refractivity contribution in [2.75, 3.05) is 26.7 Å². The summed E-state index contributed by atoms with van der Waals surface area (Å²) in [7, 11) is -1.98. The van der Waals surface area contributed by atoms with E-state index < -0.39 is 10.0 Å². The van der Waals surface area contributed by atoms with Gasteiger partial charge in [0.2, 0.25) is 10.0 Å². The molecule has 1 heterocycles. The number of allylic oxidation sites excluding steroid dienone is 1. The number of aliphatic hydroxyl groups excluding tert-OH is 1. The van der Waals surface area contributed by atoms with Crippen molar-refractivity contribution in [3.05, 3.63) is 42.5 Å². The van der Waals surface area contributed by atoms with Crippen LogP contribution in [0, 0.1) is 5.41 Å². The van der Waals surface area contributed by atoms with Gasteiger partial charge in [-0.2, -0.15) is 0 Å². The first kappa shape index (κ1) is 18.1. The fourth-order valence-electron chi connectivity index (χ4n) is 3.26. The number of rotatable bonds is 7. The minimum Gasteiger partial charge on any atom is -0.396 e. The van der Waals surface area contributed by atoms with Gasteiger partial charge < -0.3 is 5.11 Å². The molecule has 0 aliphatic carbocycles. The first-order valence-electron chi connectivity index (χ1n) is 7.91. The summed E-state index contributed by atoms with van der Waals surface area (Å²) in [5.74, 6) is 0. The SMILES string of the molecule is C=CCC1(CO)CCCN(Cc2ccc(S(=O)(=O)NC)cc2)C1. The van der Waals surface area contributed by atoms with Crippen LogP contribution in [0.3, 0.4) is 0 Å². The number of hydrogen-bond acceptors (Lipinski definition) is 4. The van der Waals surface area contributed by atoms with Crippen molar-refractivity contribution >= 4 is 10.0 Å². The Hall–Kier alpha value is -1.21. The van der Waals surface area contributed by atoms with E-state index in [0.29, 0.717) is 0 Å². The summed E-state index contributed by atoms with van der Waals surface area (Å²) in [5, 5.41) is 9.76. The molecule has 2 N–H and O–H groups in total. The Morgan fingerprint density at radius 3 is 2.65 bits per heavy atom. The zero-order valence-electron chi connectivity index (χ0n) is 13.7. The maximum absolute atomic E-state index is 11.7. The number of piperidine rings is 1. The molecule has 0 radical (unpaired) electrons. The van der Waals surface area contributed by atoms with Crippen LogP contribution < -0.4 is 4.72 Å². The summed E-state index contributed by atoms with van der Waals surface area (Å²) in [4.78, 5) is 2.60. The van der Waals surface area contributed by atoms with E-state index in [-0.39, 0.29) is 16.9 Å². The third-order valence-electron chi connectivity index (χ3n) is 4.56. The van der Waals surface area contributed by atoms with Gasteiger partial charge in [-0.25, -0.2) is 13.1 Å². The molecule has 0 spiro atoms. The van der Waals surface area contributed by atoms with Gasteiger partial charge in [-0.3, -0.25) is 4.90 Å². The molecule has 1 atom stereocenters. The van der Waals surface area contributed by atoms with E-state index in [2.05, 4.69) is 16.2 Å². The second-order valence-electron chi connectivity index (χ2n) is 6.32. The molecular formula is C17H26N2O3S. The molecule has 1 aromatic carbocycles. The topological polar surface area (TPSA) is 69.6 Å². The van der Waals surface area contributed by atoms with Crippen LogP contribution in [0.15, 0.2) is 41.8 Å². The number of benzene rings is 1. The van der Waals surface area contributed by atoms with Crippen LogP contribution in [-0.4, -0.2) is 45.2 Å². The maximum atomic E-state index is 11.7. The lowest BCUT2D eigenvalue weighted by molar-refractivity contribution is 0.0309. The first-order valence-corrected chi connectivity index (χ1v) is 9.40. The van der Waals surface area contributed by atoms with E-state index in [1.807, 2.05) is 18.2 Å². The van der Waals surface area contributed by atoms with Gasteiger partial charge in [-0.05, 0) is 50.6 Å². The third-order valence-corrected chi connectivity index (χ3v) is 5.99. The number of likely N-dealkylation sites (tertiary alicyclic amines) is 1.